The van der Waals surface area contributed by atoms with Crippen molar-refractivity contribution in [2.75, 3.05) is 11.9 Å². The number of carbonyl (C=O) groups is 2. The Labute approximate surface area is 209 Å². The van der Waals surface area contributed by atoms with Crippen LogP contribution in [-0.4, -0.2) is 28.3 Å². The summed E-state index contributed by atoms with van der Waals surface area (Å²) in [7, 11) is 0. The monoisotopic (exact) mass is 481 g/mol. The Morgan fingerprint density at radius 1 is 0.889 bits per heavy atom. The number of aryl methyl sites for hydroxylation is 2. The molecule has 3 aromatic carbocycles. The molecule has 0 fully saturated rings. The molecule has 0 atom stereocenters. The van der Waals surface area contributed by atoms with Crippen LogP contribution in [0.3, 0.4) is 0 Å². The number of hydrogen-bond donors (Lipinski definition) is 1. The van der Waals surface area contributed by atoms with Crippen LogP contribution in [0.2, 0.25) is 0 Å². The fourth-order valence-corrected chi connectivity index (χ4v) is 4.14. The summed E-state index contributed by atoms with van der Waals surface area (Å²) in [5.74, 6) is -1.19. The van der Waals surface area contributed by atoms with Crippen LogP contribution in [-0.2, 0) is 16.1 Å². The van der Waals surface area contributed by atoms with Crippen LogP contribution in [0.15, 0.2) is 83.7 Å². The number of hydrogen-bond acceptors (Lipinski definition) is 5. The maximum Gasteiger partial charge on any atom is 0.344 e. The van der Waals surface area contributed by atoms with Crippen molar-refractivity contribution in [2.45, 2.75) is 27.3 Å². The maximum absolute atomic E-state index is 13.6. The van der Waals surface area contributed by atoms with E-state index < -0.39 is 17.4 Å². The Morgan fingerprint density at radius 3 is 2.06 bits per heavy atom. The zero-order valence-electron chi connectivity index (χ0n) is 20.4. The van der Waals surface area contributed by atoms with E-state index in [1.807, 2.05) is 92.7 Å². The van der Waals surface area contributed by atoms with E-state index in [4.69, 9.17) is 4.74 Å². The van der Waals surface area contributed by atoms with Crippen molar-refractivity contribution >= 4 is 17.6 Å². The molecule has 0 radical (unpaired) electrons. The molecular weight excluding hydrogens is 454 g/mol. The Morgan fingerprint density at radius 2 is 1.47 bits per heavy atom. The quantitative estimate of drug-likeness (QED) is 0.375. The number of benzene rings is 3. The molecule has 36 heavy (non-hydrogen) atoms. The summed E-state index contributed by atoms with van der Waals surface area (Å²) >= 11 is 0. The van der Waals surface area contributed by atoms with E-state index in [0.717, 1.165) is 15.8 Å². The molecule has 0 saturated carbocycles. The van der Waals surface area contributed by atoms with Crippen molar-refractivity contribution in [1.82, 2.24) is 9.78 Å². The van der Waals surface area contributed by atoms with Crippen molar-refractivity contribution in [2.24, 2.45) is 0 Å². The lowest BCUT2D eigenvalue weighted by Gasteiger charge is -2.17. The van der Waals surface area contributed by atoms with Crippen LogP contribution in [0.5, 0.6) is 0 Å². The predicted octanol–water partition coefficient (Wildman–Crippen LogP) is 5.01. The van der Waals surface area contributed by atoms with Gasteiger partial charge in [0.05, 0.1) is 12.3 Å². The zero-order valence-corrected chi connectivity index (χ0v) is 20.4. The molecule has 0 bridgehead atoms. The first-order chi connectivity index (χ1) is 17.4. The lowest BCUT2D eigenvalue weighted by atomic mass is 9.95. The van der Waals surface area contributed by atoms with Gasteiger partial charge in [0.15, 0.2) is 0 Å². The molecule has 1 N–H and O–H groups in total. The summed E-state index contributed by atoms with van der Waals surface area (Å²) in [6.07, 6.45) is 0. The minimum Gasteiger partial charge on any atom is -0.462 e. The third-order valence-electron chi connectivity index (χ3n) is 5.54. The zero-order chi connectivity index (χ0) is 25.7. The highest BCUT2D eigenvalue weighted by Crippen LogP contribution is 2.32. The summed E-state index contributed by atoms with van der Waals surface area (Å²) in [6.45, 7) is 5.29. The van der Waals surface area contributed by atoms with Crippen LogP contribution in [0.25, 0.3) is 22.4 Å². The number of esters is 1. The maximum atomic E-state index is 13.6. The first-order valence-electron chi connectivity index (χ1n) is 11.7. The summed E-state index contributed by atoms with van der Waals surface area (Å²) in [5.41, 5.74) is 3.91. The second kappa shape index (κ2) is 10.8. The molecule has 0 saturated heterocycles. The van der Waals surface area contributed by atoms with E-state index >= 15 is 0 Å². The van der Waals surface area contributed by atoms with Crippen molar-refractivity contribution in [3.05, 3.63) is 106 Å². The Hall–Kier alpha value is -4.52. The summed E-state index contributed by atoms with van der Waals surface area (Å²) in [4.78, 5) is 39.6. The molecule has 4 rings (SSSR count). The van der Waals surface area contributed by atoms with E-state index in [2.05, 4.69) is 10.4 Å². The third kappa shape index (κ3) is 5.41. The molecule has 0 spiro atoms. The lowest BCUT2D eigenvalue weighted by Crippen LogP contribution is -2.35. The Bertz CT molecular complexity index is 1440. The van der Waals surface area contributed by atoms with Gasteiger partial charge in [-0.1, -0.05) is 66.7 Å². The summed E-state index contributed by atoms with van der Waals surface area (Å²) in [5, 5.41) is 7.40. The SMILES string of the molecule is CCOC(=O)c1c(-c2ccccc2)c(-c2ccccc2)nn(CC(=O)Nc2cc(C)cc(C)c2)c1=O. The van der Waals surface area contributed by atoms with Crippen molar-refractivity contribution in [1.29, 1.82) is 0 Å². The van der Waals surface area contributed by atoms with Gasteiger partial charge in [-0.2, -0.15) is 5.10 Å². The predicted molar refractivity (Wildman–Crippen MR) is 140 cm³/mol. The fourth-order valence-electron chi connectivity index (χ4n) is 4.14. The normalized spacial score (nSPS) is 10.6. The summed E-state index contributed by atoms with van der Waals surface area (Å²) < 4.78 is 6.29. The van der Waals surface area contributed by atoms with Crippen LogP contribution >= 0.6 is 0 Å². The van der Waals surface area contributed by atoms with Crippen LogP contribution in [0.4, 0.5) is 5.69 Å². The van der Waals surface area contributed by atoms with Crippen LogP contribution in [0, 0.1) is 13.8 Å². The summed E-state index contributed by atoms with van der Waals surface area (Å²) in [6, 6.07) is 24.0. The standard InChI is InChI=1S/C29H27N3O4/c1-4-36-29(35)26-25(21-11-7-5-8-12-21)27(22-13-9-6-10-14-22)31-32(28(26)34)18-24(33)30-23-16-19(2)15-20(3)17-23/h5-17H,4,18H2,1-3H3,(H,30,33). The molecule has 1 aromatic heterocycles. The Balaban J connectivity index is 1.87. The number of rotatable bonds is 7. The van der Waals surface area contributed by atoms with Gasteiger partial charge in [-0.3, -0.25) is 9.59 Å². The van der Waals surface area contributed by atoms with Gasteiger partial charge in [0, 0.05) is 16.8 Å². The van der Waals surface area contributed by atoms with Crippen molar-refractivity contribution < 1.29 is 14.3 Å². The number of amides is 1. The topological polar surface area (TPSA) is 90.3 Å². The van der Waals surface area contributed by atoms with E-state index in [9.17, 15) is 14.4 Å². The second-order valence-corrected chi connectivity index (χ2v) is 8.44. The first-order valence-corrected chi connectivity index (χ1v) is 11.7. The van der Waals surface area contributed by atoms with Gasteiger partial charge in [-0.25, -0.2) is 9.48 Å². The van der Waals surface area contributed by atoms with E-state index in [1.165, 1.54) is 0 Å². The molecule has 182 valence electrons. The highest BCUT2D eigenvalue weighted by Gasteiger charge is 2.26. The minimum atomic E-state index is -0.760. The second-order valence-electron chi connectivity index (χ2n) is 8.44. The molecule has 0 aliphatic heterocycles. The molecule has 7 heteroatoms. The number of nitrogens with zero attached hydrogens (tertiary/aromatic N) is 2. The number of ether oxygens (including phenoxy) is 1. The molecule has 1 heterocycles. The van der Waals surface area contributed by atoms with E-state index in [0.29, 0.717) is 28.1 Å². The number of aromatic nitrogens is 2. The minimum absolute atomic E-state index is 0.0999. The first kappa shape index (κ1) is 24.6. The van der Waals surface area contributed by atoms with Gasteiger partial charge < -0.3 is 10.1 Å². The van der Waals surface area contributed by atoms with Gasteiger partial charge in [-0.05, 0) is 49.6 Å². The molecule has 7 nitrogen and oxygen atoms in total. The van der Waals surface area contributed by atoms with Gasteiger partial charge in [0.2, 0.25) is 5.91 Å². The van der Waals surface area contributed by atoms with Gasteiger partial charge in [0.1, 0.15) is 12.1 Å². The van der Waals surface area contributed by atoms with Crippen LogP contribution < -0.4 is 10.9 Å². The van der Waals surface area contributed by atoms with Crippen molar-refractivity contribution in [3.8, 4) is 22.4 Å². The molecule has 0 aliphatic carbocycles. The largest absolute Gasteiger partial charge is 0.462 e. The Kier molecular flexibility index (Phi) is 7.39. The molecular formula is C29H27N3O4. The molecule has 1 amide bonds. The number of anilines is 1. The van der Waals surface area contributed by atoms with Crippen molar-refractivity contribution in [3.63, 3.8) is 0 Å². The highest BCUT2D eigenvalue weighted by molar-refractivity contribution is 6.01. The molecule has 0 unspecified atom stereocenters. The average Bonchev–Trinajstić information content (AvgIpc) is 2.85. The third-order valence-corrected chi connectivity index (χ3v) is 5.54. The van der Waals surface area contributed by atoms with Gasteiger partial charge >= 0.3 is 5.97 Å². The van der Waals surface area contributed by atoms with E-state index in [-0.39, 0.29) is 18.7 Å². The fraction of sp³-hybridized carbons (Fsp3) is 0.172. The number of nitrogens with one attached hydrogen (secondary N) is 1. The van der Waals surface area contributed by atoms with Gasteiger partial charge in [0.25, 0.3) is 5.56 Å². The van der Waals surface area contributed by atoms with E-state index in [1.54, 1.807) is 6.92 Å². The lowest BCUT2D eigenvalue weighted by molar-refractivity contribution is -0.117. The highest BCUT2D eigenvalue weighted by atomic mass is 16.5. The average molecular weight is 482 g/mol. The van der Waals surface area contributed by atoms with Gasteiger partial charge in [-0.15, -0.1) is 0 Å². The number of carbonyl (C=O) groups excluding carboxylic acids is 2. The van der Waals surface area contributed by atoms with Crippen LogP contribution in [0.1, 0.15) is 28.4 Å². The molecule has 4 aromatic rings. The molecule has 0 aliphatic rings. The smallest absolute Gasteiger partial charge is 0.344 e.